The van der Waals surface area contributed by atoms with Crippen molar-refractivity contribution in [1.29, 1.82) is 0 Å². The predicted molar refractivity (Wildman–Crippen MR) is 70.5 cm³/mol. The van der Waals surface area contributed by atoms with Gasteiger partial charge in [-0.1, -0.05) is 24.3 Å². The van der Waals surface area contributed by atoms with Crippen molar-refractivity contribution in [3.63, 3.8) is 0 Å². The summed E-state index contributed by atoms with van der Waals surface area (Å²) in [7, 11) is 1.76. The van der Waals surface area contributed by atoms with Crippen molar-refractivity contribution >= 4 is 11.6 Å². The van der Waals surface area contributed by atoms with Gasteiger partial charge in [-0.2, -0.15) is 0 Å². The Bertz CT molecular complexity index is 580. The Labute approximate surface area is 111 Å². The smallest absolute Gasteiger partial charge is 0.174 e. The van der Waals surface area contributed by atoms with Gasteiger partial charge < -0.3 is 10.4 Å². The first-order valence-corrected chi connectivity index (χ1v) is 6.39. The lowest BCUT2D eigenvalue weighted by Gasteiger charge is -2.35. The number of fused-ring (bicyclic) bond motifs is 1. The zero-order valence-corrected chi connectivity index (χ0v) is 10.6. The van der Waals surface area contributed by atoms with E-state index in [9.17, 15) is 14.7 Å². The second kappa shape index (κ2) is 4.31. The lowest BCUT2D eigenvalue weighted by atomic mass is 9.68. The first-order valence-electron chi connectivity index (χ1n) is 6.39. The maximum atomic E-state index is 12.6. The van der Waals surface area contributed by atoms with E-state index in [0.29, 0.717) is 12.0 Å². The molecule has 0 heterocycles. The van der Waals surface area contributed by atoms with E-state index in [1.807, 2.05) is 0 Å². The molecule has 0 saturated carbocycles. The van der Waals surface area contributed by atoms with Gasteiger partial charge in [0, 0.05) is 11.6 Å². The highest BCUT2D eigenvalue weighted by molar-refractivity contribution is 6.18. The van der Waals surface area contributed by atoms with Crippen LogP contribution in [0.25, 0.3) is 0 Å². The molecule has 3 rings (SSSR count). The van der Waals surface area contributed by atoms with Crippen LogP contribution >= 0.6 is 0 Å². The molecule has 2 N–H and O–H groups in total. The Kier molecular flexibility index (Phi) is 2.75. The van der Waals surface area contributed by atoms with Gasteiger partial charge in [-0.15, -0.1) is 0 Å². The number of carbonyl (C=O) groups excluding carboxylic acids is 2. The molecule has 0 spiro atoms. The molecule has 3 aliphatic carbocycles. The topological polar surface area (TPSA) is 66.4 Å². The minimum absolute atomic E-state index is 0.0544. The number of hydrogen-bond donors (Lipinski definition) is 2. The molecule has 0 aromatic rings. The van der Waals surface area contributed by atoms with Gasteiger partial charge in [-0.05, 0) is 19.5 Å². The highest BCUT2D eigenvalue weighted by atomic mass is 16.3. The number of allylic oxidation sites excluding steroid dienone is 5. The quantitative estimate of drug-likeness (QED) is 0.741. The molecular formula is C15H15NO3. The summed E-state index contributed by atoms with van der Waals surface area (Å²) >= 11 is 0. The van der Waals surface area contributed by atoms with E-state index in [1.54, 1.807) is 37.4 Å². The van der Waals surface area contributed by atoms with Gasteiger partial charge >= 0.3 is 0 Å². The van der Waals surface area contributed by atoms with Gasteiger partial charge in [0.1, 0.15) is 5.76 Å². The van der Waals surface area contributed by atoms with E-state index in [1.165, 1.54) is 0 Å². The molecular weight excluding hydrogens is 242 g/mol. The number of aliphatic hydroxyl groups is 1. The summed E-state index contributed by atoms with van der Waals surface area (Å²) in [5.74, 6) is -1.16. The van der Waals surface area contributed by atoms with E-state index < -0.39 is 11.8 Å². The molecule has 0 aromatic carbocycles. The molecule has 0 saturated heterocycles. The number of likely N-dealkylation sites (N-methyl/N-ethyl adjacent to an activating group) is 1. The minimum Gasteiger partial charge on any atom is -0.508 e. The number of ketones is 2. The Hall–Kier alpha value is -1.94. The number of hydrogen-bond acceptors (Lipinski definition) is 4. The van der Waals surface area contributed by atoms with Crippen molar-refractivity contribution in [3.8, 4) is 0 Å². The summed E-state index contributed by atoms with van der Waals surface area (Å²) < 4.78 is 0. The van der Waals surface area contributed by atoms with Gasteiger partial charge in [-0.25, -0.2) is 0 Å². The number of rotatable bonds is 1. The average molecular weight is 257 g/mol. The monoisotopic (exact) mass is 257 g/mol. The summed E-state index contributed by atoms with van der Waals surface area (Å²) in [4.78, 5) is 25.1. The van der Waals surface area contributed by atoms with Crippen LogP contribution in [0.1, 0.15) is 6.42 Å². The average Bonchev–Trinajstić information content (AvgIpc) is 2.44. The molecule has 0 fully saturated rings. The number of Topliss-reactive ketones (excluding diaryl/α,β-unsaturated/α-hetero) is 2. The third-order valence-electron chi connectivity index (χ3n) is 4.02. The molecule has 3 atom stereocenters. The van der Waals surface area contributed by atoms with Crippen molar-refractivity contribution in [2.75, 3.05) is 7.05 Å². The van der Waals surface area contributed by atoms with E-state index in [-0.39, 0.29) is 28.9 Å². The van der Waals surface area contributed by atoms with Crippen molar-refractivity contribution < 1.29 is 14.7 Å². The van der Waals surface area contributed by atoms with E-state index >= 15 is 0 Å². The number of aliphatic hydroxyl groups excluding tert-OH is 1. The summed E-state index contributed by atoms with van der Waals surface area (Å²) in [5.41, 5.74) is 0.644. The molecule has 0 bridgehead atoms. The van der Waals surface area contributed by atoms with Crippen LogP contribution in [-0.2, 0) is 9.59 Å². The first-order chi connectivity index (χ1) is 9.15. The molecule has 3 aliphatic rings. The third kappa shape index (κ3) is 1.64. The van der Waals surface area contributed by atoms with Crippen LogP contribution in [0, 0.1) is 11.8 Å². The highest BCUT2D eigenvalue weighted by Gasteiger charge is 2.45. The van der Waals surface area contributed by atoms with Crippen molar-refractivity contribution in [1.82, 2.24) is 5.32 Å². The van der Waals surface area contributed by atoms with Crippen molar-refractivity contribution in [2.24, 2.45) is 11.8 Å². The standard InChI is InChI=1S/C15H15NO3/c1-16-10-6-7-11(17)13-12(10)14(18)8-4-2-3-5-9(8)15(13)19/h2-5,7-10,16-17H,6H2,1H3. The van der Waals surface area contributed by atoms with Crippen LogP contribution in [0.4, 0.5) is 0 Å². The molecule has 4 heteroatoms. The normalized spacial score (nSPS) is 33.1. The molecule has 0 amide bonds. The summed E-state index contributed by atoms with van der Waals surface area (Å²) in [6.45, 7) is 0. The summed E-state index contributed by atoms with van der Waals surface area (Å²) in [6, 6.07) is -0.192. The Morgan fingerprint density at radius 2 is 1.79 bits per heavy atom. The van der Waals surface area contributed by atoms with Gasteiger partial charge in [0.2, 0.25) is 0 Å². The Balaban J connectivity index is 2.17. The summed E-state index contributed by atoms with van der Waals surface area (Å²) in [5, 5.41) is 13.0. The van der Waals surface area contributed by atoms with Crippen LogP contribution in [-0.4, -0.2) is 29.8 Å². The number of nitrogens with one attached hydrogen (secondary N) is 1. The predicted octanol–water partition coefficient (Wildman–Crippen LogP) is 1.23. The summed E-state index contributed by atoms with van der Waals surface area (Å²) in [6.07, 6.45) is 9.22. The van der Waals surface area contributed by atoms with Crippen LogP contribution < -0.4 is 5.32 Å². The maximum Gasteiger partial charge on any atom is 0.174 e. The van der Waals surface area contributed by atoms with E-state index in [2.05, 4.69) is 5.32 Å². The van der Waals surface area contributed by atoms with Crippen molar-refractivity contribution in [3.05, 3.63) is 47.3 Å². The van der Waals surface area contributed by atoms with Crippen LogP contribution in [0.2, 0.25) is 0 Å². The largest absolute Gasteiger partial charge is 0.508 e. The molecule has 0 radical (unpaired) electrons. The van der Waals surface area contributed by atoms with Crippen molar-refractivity contribution in [2.45, 2.75) is 12.5 Å². The van der Waals surface area contributed by atoms with Crippen LogP contribution in [0.5, 0.6) is 0 Å². The van der Waals surface area contributed by atoms with Gasteiger partial charge in [0.05, 0.1) is 17.4 Å². The third-order valence-corrected chi connectivity index (χ3v) is 4.02. The zero-order chi connectivity index (χ0) is 13.6. The lowest BCUT2D eigenvalue weighted by molar-refractivity contribution is -0.128. The first kappa shape index (κ1) is 12.1. The number of carbonyl (C=O) groups is 2. The SMILES string of the molecule is CNC1CC=C(O)C2=C1C(=O)C1C=CC=CC1C2=O. The second-order valence-corrected chi connectivity index (χ2v) is 5.00. The highest BCUT2D eigenvalue weighted by Crippen LogP contribution is 2.39. The minimum atomic E-state index is -0.470. The maximum absolute atomic E-state index is 12.6. The molecule has 3 unspecified atom stereocenters. The van der Waals surface area contributed by atoms with E-state index in [0.717, 1.165) is 0 Å². The fraction of sp³-hybridized carbons (Fsp3) is 0.333. The molecule has 19 heavy (non-hydrogen) atoms. The second-order valence-electron chi connectivity index (χ2n) is 5.00. The zero-order valence-electron chi connectivity index (χ0n) is 10.6. The van der Waals surface area contributed by atoms with Gasteiger partial charge in [-0.3, -0.25) is 9.59 Å². The fourth-order valence-corrected chi connectivity index (χ4v) is 3.03. The molecule has 4 nitrogen and oxygen atoms in total. The Morgan fingerprint density at radius 3 is 2.42 bits per heavy atom. The van der Waals surface area contributed by atoms with E-state index in [4.69, 9.17) is 0 Å². The Morgan fingerprint density at radius 1 is 1.16 bits per heavy atom. The van der Waals surface area contributed by atoms with Gasteiger partial charge in [0.25, 0.3) is 0 Å². The molecule has 0 aromatic heterocycles. The lowest BCUT2D eigenvalue weighted by Crippen LogP contribution is -2.44. The van der Waals surface area contributed by atoms with Crippen LogP contribution in [0.3, 0.4) is 0 Å². The van der Waals surface area contributed by atoms with Crippen LogP contribution in [0.15, 0.2) is 47.3 Å². The van der Waals surface area contributed by atoms with Gasteiger partial charge in [0.15, 0.2) is 11.6 Å². The fourth-order valence-electron chi connectivity index (χ4n) is 3.03. The molecule has 0 aliphatic heterocycles. The molecule has 98 valence electrons.